The third-order valence-corrected chi connectivity index (χ3v) is 5.92. The van der Waals surface area contributed by atoms with E-state index in [0.717, 1.165) is 44.2 Å². The number of carbonyl (C=O) groups excluding carboxylic acids is 1. The fourth-order valence-electron chi connectivity index (χ4n) is 3.22. The lowest BCUT2D eigenvalue weighted by molar-refractivity contribution is -0.121. The maximum atomic E-state index is 12.5. The summed E-state index contributed by atoms with van der Waals surface area (Å²) in [5, 5.41) is 14.4. The first kappa shape index (κ1) is 21.1. The second kappa shape index (κ2) is 10.3. The minimum atomic E-state index is -0.235. The average molecular weight is 415 g/mol. The molecule has 2 aromatic rings. The van der Waals surface area contributed by atoms with Crippen molar-refractivity contribution in [3.8, 4) is 17.6 Å². The van der Waals surface area contributed by atoms with E-state index in [2.05, 4.69) is 21.2 Å². The zero-order chi connectivity index (χ0) is 20.6. The molecule has 1 aromatic carbocycles. The number of methoxy groups -OCH3 is 1. The van der Waals surface area contributed by atoms with Gasteiger partial charge in [-0.05, 0) is 42.6 Å². The van der Waals surface area contributed by atoms with Crippen LogP contribution in [-0.4, -0.2) is 68.2 Å². The minimum absolute atomic E-state index is 0.0692. The predicted octanol–water partition coefficient (Wildman–Crippen LogP) is 2.65. The van der Waals surface area contributed by atoms with E-state index in [1.165, 1.54) is 11.3 Å². The predicted molar refractivity (Wildman–Crippen MR) is 114 cm³/mol. The Balaban J connectivity index is 1.39. The average Bonchev–Trinajstić information content (AvgIpc) is 3.21. The number of nitrogens with zero attached hydrogens (tertiary/aromatic N) is 3. The zero-order valence-corrected chi connectivity index (χ0v) is 17.6. The maximum Gasteiger partial charge on any atom is 0.242 e. The van der Waals surface area contributed by atoms with Gasteiger partial charge in [0.05, 0.1) is 18.7 Å². The molecule has 1 saturated heterocycles. The van der Waals surface area contributed by atoms with Crippen LogP contribution in [0.1, 0.15) is 12.5 Å². The van der Waals surface area contributed by atoms with Gasteiger partial charge in [0, 0.05) is 32.7 Å². The van der Waals surface area contributed by atoms with Crippen molar-refractivity contribution in [2.45, 2.75) is 13.0 Å². The van der Waals surface area contributed by atoms with Crippen molar-refractivity contribution in [3.05, 3.63) is 41.3 Å². The molecule has 29 heavy (non-hydrogen) atoms. The first-order chi connectivity index (χ1) is 14.1. The van der Waals surface area contributed by atoms with Gasteiger partial charge in [0.25, 0.3) is 0 Å². The molecule has 0 radical (unpaired) electrons. The Labute approximate surface area is 175 Å². The van der Waals surface area contributed by atoms with E-state index in [9.17, 15) is 4.79 Å². The number of anilines is 1. The summed E-state index contributed by atoms with van der Waals surface area (Å²) in [7, 11) is 1.64. The summed E-state index contributed by atoms with van der Waals surface area (Å²) in [6.45, 7) is 6.83. The lowest BCUT2D eigenvalue weighted by atomic mass is 10.2. The third-order valence-electron chi connectivity index (χ3n) is 5.09. The van der Waals surface area contributed by atoms with E-state index in [1.807, 2.05) is 36.6 Å². The summed E-state index contributed by atoms with van der Waals surface area (Å²) < 4.78 is 10.9. The van der Waals surface area contributed by atoms with Crippen molar-refractivity contribution < 1.29 is 14.3 Å². The number of rotatable bonds is 8. The molecule has 0 spiro atoms. The molecule has 1 fully saturated rings. The van der Waals surface area contributed by atoms with Gasteiger partial charge in [-0.1, -0.05) is 0 Å². The third kappa shape index (κ3) is 5.70. The molecule has 1 aliphatic rings. The van der Waals surface area contributed by atoms with E-state index >= 15 is 0 Å². The zero-order valence-electron chi connectivity index (χ0n) is 16.8. The normalized spacial score (nSPS) is 16.0. The van der Waals surface area contributed by atoms with Gasteiger partial charge < -0.3 is 14.8 Å². The van der Waals surface area contributed by atoms with Crippen LogP contribution >= 0.6 is 11.3 Å². The van der Waals surface area contributed by atoms with Gasteiger partial charge in [-0.3, -0.25) is 14.6 Å². The second-order valence-corrected chi connectivity index (χ2v) is 7.76. The highest BCUT2D eigenvalue weighted by Crippen LogP contribution is 2.23. The fourth-order valence-corrected chi connectivity index (χ4v) is 3.96. The van der Waals surface area contributed by atoms with Crippen LogP contribution in [-0.2, 0) is 4.79 Å². The highest BCUT2D eigenvalue weighted by Gasteiger charge is 2.26. The van der Waals surface area contributed by atoms with Gasteiger partial charge in [-0.25, -0.2) is 0 Å². The standard InChI is InChI=1S/C21H26N4O3S/c1-16(20(26)23-21-17(15-22)7-14-29-21)25-10-8-24(9-11-25)12-13-28-19-5-3-18(27-2)4-6-19/h3-7,14,16H,8-13H2,1-2H3,(H,23,26)/t16-/m1/s1. The number of hydrogen-bond donors (Lipinski definition) is 1. The Bertz CT molecular complexity index is 838. The van der Waals surface area contributed by atoms with Crippen molar-refractivity contribution in [1.29, 1.82) is 5.26 Å². The fraction of sp³-hybridized carbons (Fsp3) is 0.429. The Morgan fingerprint density at radius 1 is 1.21 bits per heavy atom. The number of thiophene rings is 1. The van der Waals surface area contributed by atoms with Crippen molar-refractivity contribution in [1.82, 2.24) is 9.80 Å². The van der Waals surface area contributed by atoms with Gasteiger partial charge >= 0.3 is 0 Å². The van der Waals surface area contributed by atoms with Crippen LogP contribution < -0.4 is 14.8 Å². The first-order valence-corrected chi connectivity index (χ1v) is 10.5. The van der Waals surface area contributed by atoms with Crippen molar-refractivity contribution in [2.24, 2.45) is 0 Å². The molecule has 1 atom stereocenters. The monoisotopic (exact) mass is 414 g/mol. The van der Waals surface area contributed by atoms with Crippen molar-refractivity contribution in [2.75, 3.05) is 51.8 Å². The molecule has 1 aliphatic heterocycles. The molecule has 8 heteroatoms. The van der Waals surface area contributed by atoms with E-state index in [4.69, 9.17) is 14.7 Å². The Hall–Kier alpha value is -2.60. The van der Waals surface area contributed by atoms with Crippen LogP contribution in [0.25, 0.3) is 0 Å². The van der Waals surface area contributed by atoms with E-state index in [0.29, 0.717) is 17.2 Å². The Morgan fingerprint density at radius 2 is 1.90 bits per heavy atom. The summed E-state index contributed by atoms with van der Waals surface area (Å²) in [5.41, 5.74) is 0.511. The SMILES string of the molecule is COc1ccc(OCCN2CCN([C@H](C)C(=O)Nc3sccc3C#N)CC2)cc1. The topological polar surface area (TPSA) is 77.8 Å². The van der Waals surface area contributed by atoms with Crippen LogP contribution in [0.2, 0.25) is 0 Å². The number of amides is 1. The molecule has 1 N–H and O–H groups in total. The van der Waals surface area contributed by atoms with Crippen molar-refractivity contribution >= 4 is 22.2 Å². The molecule has 0 aliphatic carbocycles. The molecule has 7 nitrogen and oxygen atoms in total. The largest absolute Gasteiger partial charge is 0.497 e. The quantitative estimate of drug-likeness (QED) is 0.716. The summed E-state index contributed by atoms with van der Waals surface area (Å²) in [5.74, 6) is 1.58. The van der Waals surface area contributed by atoms with E-state index < -0.39 is 0 Å². The molecule has 2 heterocycles. The minimum Gasteiger partial charge on any atom is -0.497 e. The number of hydrogen-bond acceptors (Lipinski definition) is 7. The number of nitrogens with one attached hydrogen (secondary N) is 1. The highest BCUT2D eigenvalue weighted by atomic mass is 32.1. The highest BCUT2D eigenvalue weighted by molar-refractivity contribution is 7.14. The Morgan fingerprint density at radius 3 is 2.55 bits per heavy atom. The molecular weight excluding hydrogens is 388 g/mol. The summed E-state index contributed by atoms with van der Waals surface area (Å²) in [4.78, 5) is 17.1. The number of ether oxygens (including phenoxy) is 2. The summed E-state index contributed by atoms with van der Waals surface area (Å²) in [6, 6.07) is 11.2. The summed E-state index contributed by atoms with van der Waals surface area (Å²) >= 11 is 1.37. The van der Waals surface area contributed by atoms with Gasteiger partial charge in [0.1, 0.15) is 29.2 Å². The number of carbonyl (C=O) groups is 1. The Kier molecular flexibility index (Phi) is 7.47. The van der Waals surface area contributed by atoms with E-state index in [1.54, 1.807) is 13.2 Å². The molecule has 0 unspecified atom stereocenters. The molecule has 154 valence electrons. The number of nitriles is 1. The van der Waals surface area contributed by atoms with Crippen LogP contribution in [0.4, 0.5) is 5.00 Å². The van der Waals surface area contributed by atoms with Gasteiger partial charge in [-0.15, -0.1) is 11.3 Å². The van der Waals surface area contributed by atoms with Gasteiger partial charge in [0.2, 0.25) is 5.91 Å². The molecule has 1 aromatic heterocycles. The second-order valence-electron chi connectivity index (χ2n) is 6.84. The first-order valence-electron chi connectivity index (χ1n) is 9.62. The smallest absolute Gasteiger partial charge is 0.242 e. The number of benzene rings is 1. The molecule has 0 bridgehead atoms. The van der Waals surface area contributed by atoms with Crippen LogP contribution in [0, 0.1) is 11.3 Å². The van der Waals surface area contributed by atoms with Crippen molar-refractivity contribution in [3.63, 3.8) is 0 Å². The lowest BCUT2D eigenvalue weighted by Crippen LogP contribution is -2.53. The van der Waals surface area contributed by atoms with Crippen LogP contribution in [0.3, 0.4) is 0 Å². The number of piperazine rings is 1. The lowest BCUT2D eigenvalue weighted by Gasteiger charge is -2.37. The molecular formula is C21H26N4O3S. The summed E-state index contributed by atoms with van der Waals surface area (Å²) in [6.07, 6.45) is 0. The molecule has 1 amide bonds. The molecule has 3 rings (SSSR count). The van der Waals surface area contributed by atoms with Gasteiger partial charge in [0.15, 0.2) is 0 Å². The molecule has 0 saturated carbocycles. The van der Waals surface area contributed by atoms with E-state index in [-0.39, 0.29) is 11.9 Å². The maximum absolute atomic E-state index is 12.5. The van der Waals surface area contributed by atoms with Gasteiger partial charge in [-0.2, -0.15) is 5.26 Å². The van der Waals surface area contributed by atoms with Crippen LogP contribution in [0.15, 0.2) is 35.7 Å². The van der Waals surface area contributed by atoms with Crippen LogP contribution in [0.5, 0.6) is 11.5 Å².